The number of ether oxygens (including phenoxy) is 2. The lowest BCUT2D eigenvalue weighted by Crippen LogP contribution is -2.40. The largest absolute Gasteiger partial charge is 0.497 e. The summed E-state index contributed by atoms with van der Waals surface area (Å²) in [5, 5.41) is 2.97. The number of carbonyl (C=O) groups excluding carboxylic acids is 2. The van der Waals surface area contributed by atoms with Crippen LogP contribution in [0.5, 0.6) is 11.5 Å². The molecule has 1 N–H and O–H groups in total. The summed E-state index contributed by atoms with van der Waals surface area (Å²) in [6, 6.07) is 5.32. The number of amides is 2. The Kier molecular flexibility index (Phi) is 7.10. The van der Waals surface area contributed by atoms with Gasteiger partial charge in [-0.05, 0) is 25.0 Å². The molecule has 1 fully saturated rings. The lowest BCUT2D eigenvalue weighted by Gasteiger charge is -2.25. The molecular formula is C19H28N2O4. The average molecular weight is 348 g/mol. The van der Waals surface area contributed by atoms with Gasteiger partial charge in [-0.2, -0.15) is 0 Å². The van der Waals surface area contributed by atoms with E-state index in [1.54, 1.807) is 37.3 Å². The minimum Gasteiger partial charge on any atom is -0.497 e. The average Bonchev–Trinajstić information content (AvgIpc) is 2.65. The van der Waals surface area contributed by atoms with Crippen LogP contribution in [0.25, 0.3) is 0 Å². The van der Waals surface area contributed by atoms with E-state index in [0.717, 1.165) is 25.7 Å². The minimum atomic E-state index is -0.101. The number of methoxy groups -OCH3 is 2. The molecule has 0 bridgehead atoms. The first kappa shape index (κ1) is 19.1. The first-order valence-electron chi connectivity index (χ1n) is 8.84. The molecule has 25 heavy (non-hydrogen) atoms. The molecule has 2 amide bonds. The molecule has 6 nitrogen and oxygen atoms in total. The molecular weight excluding hydrogens is 320 g/mol. The molecule has 1 aromatic rings. The normalized spacial score (nSPS) is 14.7. The van der Waals surface area contributed by atoms with Gasteiger partial charge in [0, 0.05) is 32.0 Å². The summed E-state index contributed by atoms with van der Waals surface area (Å²) in [6.45, 7) is 2.33. The molecule has 1 aromatic carbocycles. The summed E-state index contributed by atoms with van der Waals surface area (Å²) in [5.41, 5.74) is 0.669. The van der Waals surface area contributed by atoms with Crippen LogP contribution in [-0.4, -0.2) is 39.1 Å². The molecule has 0 saturated heterocycles. The fourth-order valence-electron chi connectivity index (χ4n) is 3.26. The van der Waals surface area contributed by atoms with E-state index in [4.69, 9.17) is 9.47 Å². The van der Waals surface area contributed by atoms with Crippen molar-refractivity contribution in [2.24, 2.45) is 5.92 Å². The highest BCUT2D eigenvalue weighted by atomic mass is 16.5. The smallest absolute Gasteiger partial charge is 0.224 e. The highest BCUT2D eigenvalue weighted by molar-refractivity contribution is 5.93. The van der Waals surface area contributed by atoms with Crippen LogP contribution in [0.1, 0.15) is 39.0 Å². The quantitative estimate of drug-likeness (QED) is 0.823. The Morgan fingerprint density at radius 2 is 1.88 bits per heavy atom. The van der Waals surface area contributed by atoms with Crippen molar-refractivity contribution >= 4 is 17.5 Å². The van der Waals surface area contributed by atoms with E-state index in [1.165, 1.54) is 13.3 Å². The molecule has 0 aromatic heterocycles. The van der Waals surface area contributed by atoms with Gasteiger partial charge in [0.15, 0.2) is 0 Å². The molecule has 0 spiro atoms. The highest BCUT2D eigenvalue weighted by Crippen LogP contribution is 2.32. The summed E-state index contributed by atoms with van der Waals surface area (Å²) in [6.07, 6.45) is 5.41. The molecule has 1 aliphatic rings. The van der Waals surface area contributed by atoms with Gasteiger partial charge in [0.2, 0.25) is 11.8 Å². The van der Waals surface area contributed by atoms with E-state index in [2.05, 4.69) is 5.32 Å². The Balaban J connectivity index is 1.99. The SMILES string of the molecule is COc1ccc(N(CCNC(=O)C2CCCCC2)C(C)=O)c(OC)c1. The van der Waals surface area contributed by atoms with E-state index in [-0.39, 0.29) is 17.7 Å². The first-order chi connectivity index (χ1) is 12.1. The van der Waals surface area contributed by atoms with Crippen molar-refractivity contribution in [3.63, 3.8) is 0 Å². The van der Waals surface area contributed by atoms with Gasteiger partial charge in [-0.1, -0.05) is 19.3 Å². The van der Waals surface area contributed by atoms with Crippen molar-refractivity contribution in [3.05, 3.63) is 18.2 Å². The Morgan fingerprint density at radius 3 is 2.48 bits per heavy atom. The number of benzene rings is 1. The van der Waals surface area contributed by atoms with E-state index < -0.39 is 0 Å². The summed E-state index contributed by atoms with van der Waals surface area (Å²) >= 11 is 0. The van der Waals surface area contributed by atoms with Crippen LogP contribution in [0, 0.1) is 5.92 Å². The highest BCUT2D eigenvalue weighted by Gasteiger charge is 2.22. The van der Waals surface area contributed by atoms with Gasteiger partial charge >= 0.3 is 0 Å². The topological polar surface area (TPSA) is 67.9 Å². The van der Waals surface area contributed by atoms with Gasteiger partial charge < -0.3 is 19.7 Å². The van der Waals surface area contributed by atoms with Crippen molar-refractivity contribution in [2.75, 3.05) is 32.2 Å². The Labute approximate surface area is 149 Å². The number of hydrogen-bond donors (Lipinski definition) is 1. The van der Waals surface area contributed by atoms with Crippen LogP contribution < -0.4 is 19.7 Å². The first-order valence-corrected chi connectivity index (χ1v) is 8.84. The van der Waals surface area contributed by atoms with E-state index in [9.17, 15) is 9.59 Å². The second-order valence-electron chi connectivity index (χ2n) is 6.33. The molecule has 1 aliphatic carbocycles. The van der Waals surface area contributed by atoms with E-state index >= 15 is 0 Å². The maximum Gasteiger partial charge on any atom is 0.224 e. The van der Waals surface area contributed by atoms with Crippen LogP contribution in [0.2, 0.25) is 0 Å². The predicted octanol–water partition coefficient (Wildman–Crippen LogP) is 2.75. The second kappa shape index (κ2) is 9.30. The molecule has 0 unspecified atom stereocenters. The lowest BCUT2D eigenvalue weighted by atomic mass is 9.89. The zero-order valence-corrected chi connectivity index (χ0v) is 15.3. The fraction of sp³-hybridized carbons (Fsp3) is 0.579. The van der Waals surface area contributed by atoms with Gasteiger partial charge in [-0.15, -0.1) is 0 Å². The number of nitrogens with zero attached hydrogens (tertiary/aromatic N) is 1. The molecule has 0 atom stereocenters. The summed E-state index contributed by atoms with van der Waals surface area (Å²) in [4.78, 5) is 25.9. The third kappa shape index (κ3) is 5.11. The van der Waals surface area contributed by atoms with Crippen molar-refractivity contribution in [1.29, 1.82) is 0 Å². The van der Waals surface area contributed by atoms with Crippen molar-refractivity contribution in [1.82, 2.24) is 5.32 Å². The summed E-state index contributed by atoms with van der Waals surface area (Å²) in [5.74, 6) is 1.35. The number of nitrogens with one attached hydrogen (secondary N) is 1. The number of carbonyl (C=O) groups is 2. The molecule has 0 radical (unpaired) electrons. The molecule has 6 heteroatoms. The molecule has 2 rings (SSSR count). The van der Waals surface area contributed by atoms with Gasteiger partial charge in [0.25, 0.3) is 0 Å². The van der Waals surface area contributed by atoms with Gasteiger partial charge in [0.05, 0.1) is 19.9 Å². The third-order valence-corrected chi connectivity index (χ3v) is 4.67. The maximum atomic E-state index is 12.2. The number of anilines is 1. The second-order valence-corrected chi connectivity index (χ2v) is 6.33. The summed E-state index contributed by atoms with van der Waals surface area (Å²) in [7, 11) is 3.14. The molecule has 0 heterocycles. The Bertz CT molecular complexity index is 597. The number of rotatable bonds is 7. The fourth-order valence-corrected chi connectivity index (χ4v) is 3.26. The van der Waals surface area contributed by atoms with Crippen molar-refractivity contribution < 1.29 is 19.1 Å². The Hall–Kier alpha value is -2.24. The predicted molar refractivity (Wildman–Crippen MR) is 97.2 cm³/mol. The van der Waals surface area contributed by atoms with Crippen LogP contribution in [0.15, 0.2) is 18.2 Å². The molecule has 1 saturated carbocycles. The molecule has 138 valence electrons. The maximum absolute atomic E-state index is 12.2. The zero-order valence-electron chi connectivity index (χ0n) is 15.3. The molecule has 0 aliphatic heterocycles. The van der Waals surface area contributed by atoms with Crippen LogP contribution in [-0.2, 0) is 9.59 Å². The van der Waals surface area contributed by atoms with Gasteiger partial charge in [-0.25, -0.2) is 0 Å². The Morgan fingerprint density at radius 1 is 1.16 bits per heavy atom. The monoisotopic (exact) mass is 348 g/mol. The van der Waals surface area contributed by atoms with Crippen molar-refractivity contribution in [3.8, 4) is 11.5 Å². The van der Waals surface area contributed by atoms with Gasteiger partial charge in [0.1, 0.15) is 11.5 Å². The van der Waals surface area contributed by atoms with Gasteiger partial charge in [-0.3, -0.25) is 9.59 Å². The zero-order chi connectivity index (χ0) is 18.2. The number of hydrogen-bond acceptors (Lipinski definition) is 4. The van der Waals surface area contributed by atoms with Crippen LogP contribution in [0.4, 0.5) is 5.69 Å². The standard InChI is InChI=1S/C19H28N2O4/c1-14(22)21(17-10-9-16(24-2)13-18(17)25-3)12-11-20-19(23)15-7-5-4-6-8-15/h9-10,13,15H,4-8,11-12H2,1-3H3,(H,20,23). The van der Waals surface area contributed by atoms with Crippen LogP contribution in [0.3, 0.4) is 0 Å². The third-order valence-electron chi connectivity index (χ3n) is 4.67. The van der Waals surface area contributed by atoms with Crippen molar-refractivity contribution in [2.45, 2.75) is 39.0 Å². The van der Waals surface area contributed by atoms with E-state index in [1.807, 2.05) is 0 Å². The van der Waals surface area contributed by atoms with Crippen LogP contribution >= 0.6 is 0 Å². The van der Waals surface area contributed by atoms with E-state index in [0.29, 0.717) is 30.3 Å². The lowest BCUT2D eigenvalue weighted by molar-refractivity contribution is -0.126. The minimum absolute atomic E-state index is 0.101. The summed E-state index contributed by atoms with van der Waals surface area (Å²) < 4.78 is 10.6.